The van der Waals surface area contributed by atoms with Crippen LogP contribution in [0.1, 0.15) is 45.1 Å². The van der Waals surface area contributed by atoms with Crippen LogP contribution in [0, 0.1) is 5.92 Å². The van der Waals surface area contributed by atoms with Crippen LogP contribution in [0.4, 0.5) is 0 Å². The first-order valence-corrected chi connectivity index (χ1v) is 10.4. The summed E-state index contributed by atoms with van der Waals surface area (Å²) >= 11 is 6.04. The average Bonchev–Trinajstić information content (AvgIpc) is 3.53. The van der Waals surface area contributed by atoms with E-state index in [1.54, 1.807) is 13.1 Å². The van der Waals surface area contributed by atoms with Crippen molar-refractivity contribution < 1.29 is 14.6 Å². The molecular weight excluding hydrogens is 376 g/mol. The lowest BCUT2D eigenvalue weighted by molar-refractivity contribution is -0.119. The minimum absolute atomic E-state index is 0.213. The molecule has 5 nitrogen and oxygen atoms in total. The van der Waals surface area contributed by atoms with Gasteiger partial charge in [-0.2, -0.15) is 0 Å². The molecule has 1 heterocycles. The van der Waals surface area contributed by atoms with Gasteiger partial charge in [-0.1, -0.05) is 37.1 Å². The Kier molecular flexibility index (Phi) is 6.58. The summed E-state index contributed by atoms with van der Waals surface area (Å²) in [6, 6.07) is 7.42. The van der Waals surface area contributed by atoms with E-state index in [9.17, 15) is 9.90 Å². The normalized spacial score (nSPS) is 23.8. The molecule has 2 N–H and O–H groups in total. The van der Waals surface area contributed by atoms with E-state index >= 15 is 0 Å². The van der Waals surface area contributed by atoms with Crippen LogP contribution < -0.4 is 5.32 Å². The zero-order valence-electron chi connectivity index (χ0n) is 16.6. The van der Waals surface area contributed by atoms with Gasteiger partial charge >= 0.3 is 0 Å². The number of dihydropyridines is 1. The van der Waals surface area contributed by atoms with Crippen LogP contribution in [0.3, 0.4) is 0 Å². The third-order valence-electron chi connectivity index (χ3n) is 5.42. The molecule has 2 unspecified atom stereocenters. The van der Waals surface area contributed by atoms with Crippen LogP contribution in [0.5, 0.6) is 0 Å². The highest BCUT2D eigenvalue weighted by Gasteiger charge is 2.40. The Hall–Kier alpha value is -1.69. The zero-order valence-corrected chi connectivity index (χ0v) is 17.3. The van der Waals surface area contributed by atoms with E-state index in [0.29, 0.717) is 23.7 Å². The van der Waals surface area contributed by atoms with Crippen molar-refractivity contribution in [2.45, 2.75) is 50.7 Å². The van der Waals surface area contributed by atoms with Crippen molar-refractivity contribution in [3.05, 3.63) is 46.5 Å². The van der Waals surface area contributed by atoms with Crippen LogP contribution >= 0.6 is 11.6 Å². The maximum atomic E-state index is 12.7. The molecule has 0 radical (unpaired) electrons. The van der Waals surface area contributed by atoms with E-state index in [2.05, 4.69) is 17.2 Å². The van der Waals surface area contributed by atoms with Gasteiger partial charge in [0.05, 0.1) is 12.1 Å². The average molecular weight is 405 g/mol. The van der Waals surface area contributed by atoms with Gasteiger partial charge < -0.3 is 15.2 Å². The number of carbonyl (C=O) groups is 1. The van der Waals surface area contributed by atoms with Gasteiger partial charge in [0.15, 0.2) is 0 Å². The standard InChI is InChI=1S/C22H29ClN2O3/c1-3-4-11-28-22(18-7-9-19(23)10-8-18)12-16(13-24-15-22)20(26)25-14-21(2,27)17-5-6-17/h7-10,12,15,17,27H,3-6,11,13-14H2,1-2H3,(H,25,26). The number of nitrogens with one attached hydrogen (secondary N) is 1. The van der Waals surface area contributed by atoms with Gasteiger partial charge in [-0.3, -0.25) is 9.79 Å². The number of amides is 1. The summed E-state index contributed by atoms with van der Waals surface area (Å²) in [7, 11) is 0. The number of aliphatic imine (C=N–C) groups is 1. The number of hydrogen-bond donors (Lipinski definition) is 2. The van der Waals surface area contributed by atoms with Crippen LogP contribution in [-0.2, 0) is 15.1 Å². The number of carbonyl (C=O) groups excluding carboxylic acids is 1. The molecule has 3 rings (SSSR count). The highest BCUT2D eigenvalue weighted by molar-refractivity contribution is 6.30. The number of ether oxygens (including phenoxy) is 1. The molecule has 1 aliphatic carbocycles. The monoisotopic (exact) mass is 404 g/mol. The first-order chi connectivity index (χ1) is 13.4. The van der Waals surface area contributed by atoms with Crippen LogP contribution in [0.2, 0.25) is 5.02 Å². The molecule has 0 saturated heterocycles. The fraction of sp³-hybridized carbons (Fsp3) is 0.545. The third kappa shape index (κ3) is 5.02. The smallest absolute Gasteiger partial charge is 0.249 e. The largest absolute Gasteiger partial charge is 0.388 e. The van der Waals surface area contributed by atoms with Crippen LogP contribution in [-0.4, -0.2) is 42.5 Å². The Morgan fingerprint density at radius 3 is 2.75 bits per heavy atom. The van der Waals surface area contributed by atoms with Gasteiger partial charge in [0, 0.05) is 30.0 Å². The molecule has 6 heteroatoms. The molecule has 1 aromatic rings. The number of rotatable bonds is 9. The Morgan fingerprint density at radius 1 is 1.39 bits per heavy atom. The van der Waals surface area contributed by atoms with Gasteiger partial charge in [0.1, 0.15) is 5.60 Å². The van der Waals surface area contributed by atoms with E-state index in [1.807, 2.05) is 30.3 Å². The lowest BCUT2D eigenvalue weighted by atomic mass is 9.90. The van der Waals surface area contributed by atoms with Gasteiger partial charge in [-0.15, -0.1) is 0 Å². The Labute approximate surface area is 171 Å². The lowest BCUT2D eigenvalue weighted by Gasteiger charge is -2.31. The molecule has 2 atom stereocenters. The summed E-state index contributed by atoms with van der Waals surface area (Å²) < 4.78 is 6.21. The van der Waals surface area contributed by atoms with Crippen molar-refractivity contribution in [1.29, 1.82) is 0 Å². The first kappa shape index (κ1) is 21.0. The molecule has 1 saturated carbocycles. The number of halogens is 1. The summed E-state index contributed by atoms with van der Waals surface area (Å²) in [6.45, 7) is 4.98. The molecule has 1 fully saturated rings. The predicted molar refractivity (Wildman–Crippen MR) is 112 cm³/mol. The highest BCUT2D eigenvalue weighted by Crippen LogP contribution is 2.39. The fourth-order valence-corrected chi connectivity index (χ4v) is 3.52. The maximum absolute atomic E-state index is 12.7. The van der Waals surface area contributed by atoms with Crippen molar-refractivity contribution >= 4 is 23.7 Å². The van der Waals surface area contributed by atoms with E-state index in [-0.39, 0.29) is 18.4 Å². The summed E-state index contributed by atoms with van der Waals surface area (Å²) in [5.41, 5.74) is -0.324. The molecular formula is C22H29ClN2O3. The molecule has 0 aromatic heterocycles. The van der Waals surface area contributed by atoms with Gasteiger partial charge in [-0.25, -0.2) is 0 Å². The predicted octanol–water partition coefficient (Wildman–Crippen LogP) is 3.64. The first-order valence-electron chi connectivity index (χ1n) is 9.99. The molecule has 152 valence electrons. The topological polar surface area (TPSA) is 70.9 Å². The van der Waals surface area contributed by atoms with Crippen LogP contribution in [0.15, 0.2) is 40.9 Å². The van der Waals surface area contributed by atoms with E-state index in [0.717, 1.165) is 31.2 Å². The molecule has 1 aromatic carbocycles. The summed E-state index contributed by atoms with van der Waals surface area (Å²) in [5.74, 6) is 0.0619. The number of aliphatic hydroxyl groups is 1. The molecule has 2 aliphatic rings. The maximum Gasteiger partial charge on any atom is 0.249 e. The highest BCUT2D eigenvalue weighted by atomic mass is 35.5. The lowest BCUT2D eigenvalue weighted by Crippen LogP contribution is -2.44. The third-order valence-corrected chi connectivity index (χ3v) is 5.67. The van der Waals surface area contributed by atoms with Crippen molar-refractivity contribution in [3.8, 4) is 0 Å². The van der Waals surface area contributed by atoms with Crippen LogP contribution in [0.25, 0.3) is 0 Å². The zero-order chi connectivity index (χ0) is 20.2. The van der Waals surface area contributed by atoms with Gasteiger partial charge in [0.2, 0.25) is 5.91 Å². The number of benzene rings is 1. The minimum atomic E-state index is -0.885. The van der Waals surface area contributed by atoms with Crippen molar-refractivity contribution in [1.82, 2.24) is 5.32 Å². The second kappa shape index (κ2) is 8.76. The number of nitrogens with zero attached hydrogens (tertiary/aromatic N) is 1. The second-order valence-electron chi connectivity index (χ2n) is 7.96. The fourth-order valence-electron chi connectivity index (χ4n) is 3.40. The Morgan fingerprint density at radius 2 is 2.11 bits per heavy atom. The van der Waals surface area contributed by atoms with Gasteiger partial charge in [-0.05, 0) is 55.9 Å². The number of hydrogen-bond acceptors (Lipinski definition) is 4. The summed E-state index contributed by atoms with van der Waals surface area (Å²) in [6.07, 6.45) is 7.58. The SMILES string of the molecule is CCCCOC1(c2ccc(Cl)cc2)C=NCC(C(=O)NCC(C)(O)C2CC2)=C1. The Balaban J connectivity index is 1.79. The van der Waals surface area contributed by atoms with E-state index in [1.165, 1.54) is 0 Å². The summed E-state index contributed by atoms with van der Waals surface area (Å²) in [4.78, 5) is 17.2. The Bertz CT molecular complexity index is 754. The quantitative estimate of drug-likeness (QED) is 0.617. The van der Waals surface area contributed by atoms with E-state index < -0.39 is 11.2 Å². The second-order valence-corrected chi connectivity index (χ2v) is 8.39. The van der Waals surface area contributed by atoms with E-state index in [4.69, 9.17) is 16.3 Å². The molecule has 0 bridgehead atoms. The molecule has 1 amide bonds. The minimum Gasteiger partial charge on any atom is -0.388 e. The molecule has 0 spiro atoms. The van der Waals surface area contributed by atoms with Crippen molar-refractivity contribution in [3.63, 3.8) is 0 Å². The molecule has 28 heavy (non-hydrogen) atoms. The summed E-state index contributed by atoms with van der Waals surface area (Å²) in [5, 5.41) is 14.0. The van der Waals surface area contributed by atoms with Gasteiger partial charge in [0.25, 0.3) is 0 Å². The molecule has 1 aliphatic heterocycles. The van der Waals surface area contributed by atoms with Crippen molar-refractivity contribution in [2.24, 2.45) is 10.9 Å². The van der Waals surface area contributed by atoms with Crippen molar-refractivity contribution in [2.75, 3.05) is 19.7 Å². The number of unbranched alkanes of at least 4 members (excludes halogenated alkanes) is 1.